The standard InChI is InChI=1S/C30H54O4S/c1-3-5-7-9-11-13-15-17-19-21-23-33-29(25-31)27-35-28-30(26-32)34-24-22-20-18-16-14-12-10-8-6-4-2/h3-24,27-28H2,1-2H3. The van der Waals surface area contributed by atoms with E-state index in [9.17, 15) is 9.59 Å². The summed E-state index contributed by atoms with van der Waals surface area (Å²) in [6.07, 6.45) is 25.4. The topological polar surface area (TPSA) is 52.6 Å². The van der Waals surface area contributed by atoms with Crippen molar-refractivity contribution in [1.82, 2.24) is 0 Å². The Bertz CT molecular complexity index is 503. The first-order chi connectivity index (χ1) is 17.3. The van der Waals surface area contributed by atoms with Crippen LogP contribution in [0.5, 0.6) is 0 Å². The van der Waals surface area contributed by atoms with E-state index < -0.39 is 0 Å². The van der Waals surface area contributed by atoms with E-state index >= 15 is 0 Å². The monoisotopic (exact) mass is 510 g/mol. The lowest BCUT2D eigenvalue weighted by Gasteiger charge is -2.09. The Hall–Kier alpha value is -1.15. The minimum Gasteiger partial charge on any atom is -0.486 e. The van der Waals surface area contributed by atoms with Crippen LogP contribution in [0.4, 0.5) is 0 Å². The van der Waals surface area contributed by atoms with Gasteiger partial charge in [-0.2, -0.15) is 0 Å². The molecule has 0 fully saturated rings. The van der Waals surface area contributed by atoms with E-state index in [1.165, 1.54) is 114 Å². The lowest BCUT2D eigenvalue weighted by Crippen LogP contribution is -2.02. The van der Waals surface area contributed by atoms with Crippen molar-refractivity contribution in [3.8, 4) is 0 Å². The molecular formula is C30H54O4S. The van der Waals surface area contributed by atoms with Crippen molar-refractivity contribution in [2.45, 2.75) is 142 Å². The second kappa shape index (κ2) is 29.1. The van der Waals surface area contributed by atoms with Crippen LogP contribution in [0.25, 0.3) is 0 Å². The molecule has 5 heteroatoms. The molecule has 35 heavy (non-hydrogen) atoms. The van der Waals surface area contributed by atoms with Gasteiger partial charge in [0.1, 0.15) is 0 Å². The maximum Gasteiger partial charge on any atom is 0.189 e. The molecule has 0 N–H and O–H groups in total. The molecule has 0 aliphatic rings. The van der Waals surface area contributed by atoms with Gasteiger partial charge >= 0.3 is 0 Å². The largest absolute Gasteiger partial charge is 0.486 e. The third-order valence-electron chi connectivity index (χ3n) is 6.24. The summed E-state index contributed by atoms with van der Waals surface area (Å²) in [4.78, 5) is 22.3. The number of carbonyl (C=O) groups excluding carboxylic acids is 2. The molecule has 0 rings (SSSR count). The Morgan fingerprint density at radius 2 is 0.771 bits per heavy atom. The molecular weight excluding hydrogens is 456 g/mol. The predicted octanol–water partition coefficient (Wildman–Crippen LogP) is 9.03. The third kappa shape index (κ3) is 25.7. The minimum absolute atomic E-state index is 0.325. The summed E-state index contributed by atoms with van der Waals surface area (Å²) < 4.78 is 11.1. The fourth-order valence-corrected chi connectivity index (χ4v) is 4.76. The first-order valence-electron chi connectivity index (χ1n) is 14.6. The van der Waals surface area contributed by atoms with Gasteiger partial charge in [-0.15, -0.1) is 11.8 Å². The Labute approximate surface area is 221 Å². The van der Waals surface area contributed by atoms with Crippen LogP contribution in [0, 0.1) is 0 Å². The zero-order valence-corrected chi connectivity index (χ0v) is 23.8. The van der Waals surface area contributed by atoms with E-state index in [-0.39, 0.29) is 0 Å². The van der Waals surface area contributed by atoms with Crippen LogP contribution < -0.4 is 0 Å². The number of hydrogen-bond acceptors (Lipinski definition) is 5. The molecule has 0 aliphatic heterocycles. The summed E-state index contributed by atoms with van der Waals surface area (Å²) in [5, 5.41) is 0. The van der Waals surface area contributed by atoms with Crippen LogP contribution >= 0.6 is 11.8 Å². The van der Waals surface area contributed by atoms with Gasteiger partial charge in [0.05, 0.1) is 24.7 Å². The Morgan fingerprint density at radius 3 is 1.06 bits per heavy atom. The molecule has 204 valence electrons. The highest BCUT2D eigenvalue weighted by molar-refractivity contribution is 7.99. The molecule has 0 aromatic rings. The molecule has 0 amide bonds. The summed E-state index contributed by atoms with van der Waals surface area (Å²) in [6, 6.07) is 0. The number of unbranched alkanes of at least 4 members (excludes halogenated alkanes) is 18. The van der Waals surface area contributed by atoms with Gasteiger partial charge in [0.15, 0.2) is 23.4 Å². The smallest absolute Gasteiger partial charge is 0.189 e. The Balaban J connectivity index is 3.59. The van der Waals surface area contributed by atoms with Crippen molar-refractivity contribution >= 4 is 23.6 Å². The molecule has 0 saturated carbocycles. The summed E-state index contributed by atoms with van der Waals surface area (Å²) in [6.45, 7) is 5.63. The van der Waals surface area contributed by atoms with Crippen LogP contribution in [0.1, 0.15) is 142 Å². The quantitative estimate of drug-likeness (QED) is 0.0597. The molecule has 0 saturated heterocycles. The summed E-state index contributed by atoms with van der Waals surface area (Å²) in [5.41, 5.74) is 0. The third-order valence-corrected chi connectivity index (χ3v) is 7.17. The summed E-state index contributed by atoms with van der Waals surface area (Å²) in [5.74, 6) is 5.26. The van der Waals surface area contributed by atoms with E-state index in [4.69, 9.17) is 9.47 Å². The second-order valence-electron chi connectivity index (χ2n) is 9.60. The van der Waals surface area contributed by atoms with Crippen molar-refractivity contribution in [1.29, 1.82) is 0 Å². The van der Waals surface area contributed by atoms with Crippen LogP contribution in [-0.2, 0) is 19.1 Å². The highest BCUT2D eigenvalue weighted by atomic mass is 32.2. The molecule has 0 aromatic carbocycles. The van der Waals surface area contributed by atoms with E-state index in [0.29, 0.717) is 36.2 Å². The lowest BCUT2D eigenvalue weighted by atomic mass is 10.1. The van der Waals surface area contributed by atoms with Gasteiger partial charge in [0.25, 0.3) is 0 Å². The number of ether oxygens (including phenoxy) is 2. The lowest BCUT2D eigenvalue weighted by molar-refractivity contribution is 0.209. The van der Waals surface area contributed by atoms with E-state index in [0.717, 1.165) is 25.7 Å². The zero-order valence-electron chi connectivity index (χ0n) is 23.0. The first kappa shape index (κ1) is 33.8. The average Bonchev–Trinajstić information content (AvgIpc) is 2.88. The van der Waals surface area contributed by atoms with Gasteiger partial charge in [-0.3, -0.25) is 0 Å². The minimum atomic E-state index is 0.325. The van der Waals surface area contributed by atoms with Crippen molar-refractivity contribution in [3.63, 3.8) is 0 Å². The molecule has 0 radical (unpaired) electrons. The molecule has 0 unspecified atom stereocenters. The van der Waals surface area contributed by atoms with Gasteiger partial charge in [-0.05, 0) is 12.8 Å². The second-order valence-corrected chi connectivity index (χ2v) is 10.6. The molecule has 0 aromatic heterocycles. The summed E-state index contributed by atoms with van der Waals surface area (Å²) >= 11 is 1.44. The van der Waals surface area contributed by atoms with Crippen molar-refractivity contribution in [2.75, 3.05) is 24.7 Å². The SMILES string of the molecule is CCCCCCCCCCCCOC(=C=O)CSCC(=C=O)OCCCCCCCCCCCC. The van der Waals surface area contributed by atoms with Crippen LogP contribution in [0.3, 0.4) is 0 Å². The van der Waals surface area contributed by atoms with Crippen LogP contribution in [-0.4, -0.2) is 36.6 Å². The molecule has 0 bridgehead atoms. The number of thioether (sulfide) groups is 1. The van der Waals surface area contributed by atoms with E-state index in [2.05, 4.69) is 13.8 Å². The van der Waals surface area contributed by atoms with Gasteiger partial charge in [0, 0.05) is 0 Å². The predicted molar refractivity (Wildman–Crippen MR) is 151 cm³/mol. The fraction of sp³-hybridized carbons (Fsp3) is 0.867. The highest BCUT2D eigenvalue weighted by Gasteiger charge is 2.05. The highest BCUT2D eigenvalue weighted by Crippen LogP contribution is 2.15. The normalized spacial score (nSPS) is 10.6. The van der Waals surface area contributed by atoms with E-state index in [1.54, 1.807) is 0 Å². The number of rotatable bonds is 28. The molecule has 0 heterocycles. The molecule has 0 atom stereocenters. The van der Waals surface area contributed by atoms with Gasteiger partial charge in [0.2, 0.25) is 0 Å². The van der Waals surface area contributed by atoms with Crippen LogP contribution in [0.15, 0.2) is 11.5 Å². The van der Waals surface area contributed by atoms with Crippen LogP contribution in [0.2, 0.25) is 0 Å². The fourth-order valence-electron chi connectivity index (χ4n) is 4.01. The zero-order chi connectivity index (χ0) is 25.7. The molecule has 4 nitrogen and oxygen atoms in total. The average molecular weight is 511 g/mol. The molecule has 0 spiro atoms. The van der Waals surface area contributed by atoms with Crippen molar-refractivity contribution in [3.05, 3.63) is 11.5 Å². The van der Waals surface area contributed by atoms with Crippen molar-refractivity contribution in [2.24, 2.45) is 0 Å². The number of hydrogen-bond donors (Lipinski definition) is 0. The maximum atomic E-state index is 11.1. The van der Waals surface area contributed by atoms with Gasteiger partial charge in [-0.25, -0.2) is 9.59 Å². The Morgan fingerprint density at radius 1 is 0.486 bits per heavy atom. The maximum absolute atomic E-state index is 11.1. The van der Waals surface area contributed by atoms with E-state index in [1.807, 2.05) is 11.9 Å². The van der Waals surface area contributed by atoms with Gasteiger partial charge < -0.3 is 9.47 Å². The first-order valence-corrected chi connectivity index (χ1v) is 15.7. The Kier molecular flexibility index (Phi) is 28.1. The summed E-state index contributed by atoms with van der Waals surface area (Å²) in [7, 11) is 0. The van der Waals surface area contributed by atoms with Gasteiger partial charge in [-0.1, -0.05) is 129 Å². The molecule has 0 aliphatic carbocycles. The van der Waals surface area contributed by atoms with Crippen molar-refractivity contribution < 1.29 is 19.1 Å².